The Kier molecular flexibility index (Phi) is 4.71. The molecule has 0 saturated carbocycles. The molecule has 1 amide bonds. The summed E-state index contributed by atoms with van der Waals surface area (Å²) in [6.45, 7) is 7.43. The van der Waals surface area contributed by atoms with Gasteiger partial charge in [-0.05, 0) is 33.3 Å². The van der Waals surface area contributed by atoms with E-state index in [-0.39, 0.29) is 12.5 Å². The number of benzene rings is 1. The normalized spacial score (nSPS) is 14.0. The maximum absolute atomic E-state index is 12.1. The largest absolute Gasteiger partial charge is 0.387 e. The number of hydrogen-bond acceptors (Lipinski definition) is 3. The molecule has 1 rings (SSSR count). The second-order valence-electron chi connectivity index (χ2n) is 5.98. The maximum Gasteiger partial charge on any atom is 0.227 e. The van der Waals surface area contributed by atoms with E-state index >= 15 is 0 Å². The zero-order valence-corrected chi connectivity index (χ0v) is 12.1. The zero-order valence-electron chi connectivity index (χ0n) is 12.1. The number of carbonyl (C=O) groups is 1. The number of hydrogen-bond donors (Lipinski definition) is 3. The zero-order chi connectivity index (χ0) is 14.7. The van der Waals surface area contributed by atoms with E-state index in [2.05, 4.69) is 5.32 Å². The molecule has 19 heavy (non-hydrogen) atoms. The molecule has 0 aliphatic carbocycles. The van der Waals surface area contributed by atoms with E-state index in [9.17, 15) is 9.90 Å². The van der Waals surface area contributed by atoms with Crippen LogP contribution in [0.15, 0.2) is 30.3 Å². The molecule has 1 aromatic carbocycles. The van der Waals surface area contributed by atoms with Crippen LogP contribution in [0.5, 0.6) is 0 Å². The van der Waals surface area contributed by atoms with Gasteiger partial charge in [0.2, 0.25) is 5.91 Å². The number of rotatable bonds is 5. The highest BCUT2D eigenvalue weighted by atomic mass is 16.3. The third-order valence-corrected chi connectivity index (χ3v) is 3.82. The van der Waals surface area contributed by atoms with Gasteiger partial charge in [0.15, 0.2) is 0 Å². The van der Waals surface area contributed by atoms with Crippen LogP contribution in [0, 0.1) is 5.41 Å². The highest BCUT2D eigenvalue weighted by Gasteiger charge is 2.40. The average molecular weight is 264 g/mol. The molecule has 1 aromatic rings. The third-order valence-electron chi connectivity index (χ3n) is 3.82. The fraction of sp³-hybridized carbons (Fsp3) is 0.533. The SMILES string of the molecule is CC(C)(N)C(C)(C)C(=O)NCC(O)c1ccccc1. The lowest BCUT2D eigenvalue weighted by Crippen LogP contribution is -2.55. The van der Waals surface area contributed by atoms with Crippen molar-refractivity contribution in [2.24, 2.45) is 11.1 Å². The monoisotopic (exact) mass is 264 g/mol. The van der Waals surface area contributed by atoms with Crippen LogP contribution in [0.4, 0.5) is 0 Å². The molecule has 0 radical (unpaired) electrons. The van der Waals surface area contributed by atoms with Crippen molar-refractivity contribution in [3.8, 4) is 0 Å². The van der Waals surface area contributed by atoms with E-state index in [0.29, 0.717) is 0 Å². The number of aliphatic hydroxyl groups is 1. The minimum absolute atomic E-state index is 0.157. The summed E-state index contributed by atoms with van der Waals surface area (Å²) >= 11 is 0. The van der Waals surface area contributed by atoms with Gasteiger partial charge in [-0.1, -0.05) is 30.3 Å². The Morgan fingerprint density at radius 2 is 1.79 bits per heavy atom. The highest BCUT2D eigenvalue weighted by Crippen LogP contribution is 2.28. The van der Waals surface area contributed by atoms with Gasteiger partial charge in [-0.25, -0.2) is 0 Å². The summed E-state index contributed by atoms with van der Waals surface area (Å²) in [6.07, 6.45) is -0.707. The summed E-state index contributed by atoms with van der Waals surface area (Å²) in [5, 5.41) is 12.8. The van der Waals surface area contributed by atoms with Gasteiger partial charge in [-0.3, -0.25) is 4.79 Å². The third kappa shape index (κ3) is 3.78. The van der Waals surface area contributed by atoms with Gasteiger partial charge in [0.1, 0.15) is 0 Å². The average Bonchev–Trinajstić information content (AvgIpc) is 2.35. The van der Waals surface area contributed by atoms with Crippen LogP contribution in [-0.4, -0.2) is 23.1 Å². The lowest BCUT2D eigenvalue weighted by Gasteiger charge is -2.37. The van der Waals surface area contributed by atoms with Gasteiger partial charge in [0.25, 0.3) is 0 Å². The Morgan fingerprint density at radius 1 is 1.26 bits per heavy atom. The summed E-state index contributed by atoms with van der Waals surface area (Å²) in [4.78, 5) is 12.1. The van der Waals surface area contributed by atoms with Crippen LogP contribution in [0.2, 0.25) is 0 Å². The summed E-state index contributed by atoms with van der Waals surface area (Å²) in [7, 11) is 0. The molecule has 4 nitrogen and oxygen atoms in total. The Morgan fingerprint density at radius 3 is 2.26 bits per heavy atom. The molecule has 0 aromatic heterocycles. The minimum atomic E-state index is -0.707. The van der Waals surface area contributed by atoms with E-state index in [1.54, 1.807) is 13.8 Å². The van der Waals surface area contributed by atoms with Crippen molar-refractivity contribution < 1.29 is 9.90 Å². The molecule has 106 valence electrons. The van der Waals surface area contributed by atoms with Crippen LogP contribution in [0.1, 0.15) is 39.4 Å². The Hall–Kier alpha value is -1.39. The van der Waals surface area contributed by atoms with Crippen molar-refractivity contribution >= 4 is 5.91 Å². The minimum Gasteiger partial charge on any atom is -0.387 e. The van der Waals surface area contributed by atoms with E-state index in [4.69, 9.17) is 5.73 Å². The van der Waals surface area contributed by atoms with Gasteiger partial charge in [-0.2, -0.15) is 0 Å². The van der Waals surface area contributed by atoms with E-state index in [1.807, 2.05) is 44.2 Å². The first-order valence-corrected chi connectivity index (χ1v) is 6.46. The summed E-state index contributed by atoms with van der Waals surface area (Å²) in [5.74, 6) is -0.157. The number of nitrogens with one attached hydrogen (secondary N) is 1. The molecule has 4 heteroatoms. The molecule has 0 saturated heterocycles. The fourth-order valence-corrected chi connectivity index (χ4v) is 1.50. The van der Waals surface area contributed by atoms with Gasteiger partial charge in [-0.15, -0.1) is 0 Å². The Balaban J connectivity index is 2.61. The molecular weight excluding hydrogens is 240 g/mol. The van der Waals surface area contributed by atoms with Crippen molar-refractivity contribution in [2.75, 3.05) is 6.54 Å². The molecule has 1 unspecified atom stereocenters. The number of amides is 1. The molecular formula is C15H24N2O2. The van der Waals surface area contributed by atoms with Crippen molar-refractivity contribution in [3.63, 3.8) is 0 Å². The smallest absolute Gasteiger partial charge is 0.227 e. The summed E-state index contributed by atoms with van der Waals surface area (Å²) < 4.78 is 0. The van der Waals surface area contributed by atoms with Crippen LogP contribution in [0.3, 0.4) is 0 Å². The standard InChI is InChI=1S/C15H24N2O2/c1-14(2,15(3,4)16)13(19)17-10-12(18)11-8-6-5-7-9-11/h5-9,12,18H,10,16H2,1-4H3,(H,17,19). The molecule has 0 aliphatic heterocycles. The predicted octanol–water partition coefficient (Wildman–Crippen LogP) is 1.60. The topological polar surface area (TPSA) is 75.4 Å². The van der Waals surface area contributed by atoms with Crippen molar-refractivity contribution in [1.82, 2.24) is 5.32 Å². The Labute approximate surface area is 115 Å². The first-order chi connectivity index (χ1) is 8.66. The number of aliphatic hydroxyl groups excluding tert-OH is 1. The molecule has 0 heterocycles. The molecule has 0 fully saturated rings. The quantitative estimate of drug-likeness (QED) is 0.756. The Bertz CT molecular complexity index is 422. The van der Waals surface area contributed by atoms with Crippen LogP contribution < -0.4 is 11.1 Å². The number of carbonyl (C=O) groups excluding carboxylic acids is 1. The first kappa shape index (κ1) is 15.7. The molecule has 0 aliphatic rings. The van der Waals surface area contributed by atoms with E-state index in [0.717, 1.165) is 5.56 Å². The molecule has 1 atom stereocenters. The van der Waals surface area contributed by atoms with Crippen LogP contribution in [-0.2, 0) is 4.79 Å². The van der Waals surface area contributed by atoms with Crippen LogP contribution >= 0.6 is 0 Å². The van der Waals surface area contributed by atoms with Gasteiger partial charge in [0.05, 0.1) is 11.5 Å². The fourth-order valence-electron chi connectivity index (χ4n) is 1.50. The van der Waals surface area contributed by atoms with E-state index in [1.165, 1.54) is 0 Å². The van der Waals surface area contributed by atoms with E-state index < -0.39 is 17.1 Å². The van der Waals surface area contributed by atoms with Gasteiger partial charge in [0, 0.05) is 12.1 Å². The highest BCUT2D eigenvalue weighted by molar-refractivity contribution is 5.83. The lowest BCUT2D eigenvalue weighted by atomic mass is 9.74. The maximum atomic E-state index is 12.1. The molecule has 0 spiro atoms. The summed E-state index contributed by atoms with van der Waals surface area (Å²) in [5.41, 5.74) is 5.46. The second-order valence-corrected chi connectivity index (χ2v) is 5.98. The van der Waals surface area contributed by atoms with Gasteiger partial charge >= 0.3 is 0 Å². The van der Waals surface area contributed by atoms with Gasteiger partial charge < -0.3 is 16.2 Å². The first-order valence-electron chi connectivity index (χ1n) is 6.46. The predicted molar refractivity (Wildman–Crippen MR) is 76.5 cm³/mol. The van der Waals surface area contributed by atoms with Crippen LogP contribution in [0.25, 0.3) is 0 Å². The number of nitrogens with two attached hydrogens (primary N) is 1. The van der Waals surface area contributed by atoms with Crippen molar-refractivity contribution in [3.05, 3.63) is 35.9 Å². The lowest BCUT2D eigenvalue weighted by molar-refractivity contribution is -0.132. The van der Waals surface area contributed by atoms with Crippen molar-refractivity contribution in [1.29, 1.82) is 0 Å². The molecule has 0 bridgehead atoms. The van der Waals surface area contributed by atoms with Crippen molar-refractivity contribution in [2.45, 2.75) is 39.3 Å². The second kappa shape index (κ2) is 5.72. The summed E-state index contributed by atoms with van der Waals surface area (Å²) in [6, 6.07) is 9.25. The molecule has 4 N–H and O–H groups in total.